The van der Waals surface area contributed by atoms with Crippen LogP contribution in [0.4, 0.5) is 0 Å². The highest BCUT2D eigenvalue weighted by Gasteiger charge is 2.25. The zero-order chi connectivity index (χ0) is 15.4. The van der Waals surface area contributed by atoms with Crippen molar-refractivity contribution in [3.63, 3.8) is 0 Å². The number of benzene rings is 1. The SMILES string of the molecule is CC(C)c1ccc(C(c2ccco2)N2CCCNCC2)cc1. The van der Waals surface area contributed by atoms with Crippen LogP contribution in [0, 0.1) is 0 Å². The molecule has 3 rings (SSSR count). The highest BCUT2D eigenvalue weighted by molar-refractivity contribution is 5.31. The van der Waals surface area contributed by atoms with Crippen LogP contribution >= 0.6 is 0 Å². The predicted molar refractivity (Wildman–Crippen MR) is 90.1 cm³/mol. The summed E-state index contributed by atoms with van der Waals surface area (Å²) < 4.78 is 5.76. The summed E-state index contributed by atoms with van der Waals surface area (Å²) in [6.45, 7) is 8.77. The van der Waals surface area contributed by atoms with Crippen molar-refractivity contribution in [1.82, 2.24) is 10.2 Å². The van der Waals surface area contributed by atoms with Gasteiger partial charge in [-0.3, -0.25) is 4.90 Å². The van der Waals surface area contributed by atoms with Gasteiger partial charge in [-0.25, -0.2) is 0 Å². The van der Waals surface area contributed by atoms with Crippen LogP contribution < -0.4 is 5.32 Å². The normalized spacial score (nSPS) is 18.3. The van der Waals surface area contributed by atoms with Gasteiger partial charge in [0.1, 0.15) is 5.76 Å². The third-order valence-electron chi connectivity index (χ3n) is 4.47. The molecule has 0 amide bonds. The van der Waals surface area contributed by atoms with Crippen molar-refractivity contribution in [1.29, 1.82) is 0 Å². The first-order valence-corrected chi connectivity index (χ1v) is 8.34. The van der Waals surface area contributed by atoms with E-state index in [1.54, 1.807) is 6.26 Å². The first kappa shape index (κ1) is 15.3. The van der Waals surface area contributed by atoms with E-state index in [9.17, 15) is 0 Å². The molecular formula is C19H26N2O. The van der Waals surface area contributed by atoms with Gasteiger partial charge in [0.05, 0.1) is 12.3 Å². The van der Waals surface area contributed by atoms with E-state index < -0.39 is 0 Å². The van der Waals surface area contributed by atoms with Gasteiger partial charge < -0.3 is 9.73 Å². The lowest BCUT2D eigenvalue weighted by Crippen LogP contribution is -2.32. The quantitative estimate of drug-likeness (QED) is 0.931. The Morgan fingerprint density at radius 2 is 1.77 bits per heavy atom. The largest absolute Gasteiger partial charge is 0.467 e. The molecule has 1 aromatic heterocycles. The average molecular weight is 298 g/mol. The van der Waals surface area contributed by atoms with Gasteiger partial charge in [-0.1, -0.05) is 38.1 Å². The van der Waals surface area contributed by atoms with Gasteiger partial charge in [0, 0.05) is 19.6 Å². The van der Waals surface area contributed by atoms with Gasteiger partial charge in [0.25, 0.3) is 0 Å². The Bertz CT molecular complexity index is 552. The van der Waals surface area contributed by atoms with Gasteiger partial charge in [0.15, 0.2) is 0 Å². The van der Waals surface area contributed by atoms with Crippen LogP contribution in [0.3, 0.4) is 0 Å². The number of hydrogen-bond acceptors (Lipinski definition) is 3. The van der Waals surface area contributed by atoms with Crippen molar-refractivity contribution in [3.8, 4) is 0 Å². The second-order valence-electron chi connectivity index (χ2n) is 6.38. The molecule has 22 heavy (non-hydrogen) atoms. The van der Waals surface area contributed by atoms with Crippen LogP contribution in [0.1, 0.15) is 49.1 Å². The fourth-order valence-electron chi connectivity index (χ4n) is 3.19. The van der Waals surface area contributed by atoms with Crippen LogP contribution in [-0.2, 0) is 0 Å². The summed E-state index contributed by atoms with van der Waals surface area (Å²) in [5, 5.41) is 3.48. The molecule has 2 heterocycles. The van der Waals surface area contributed by atoms with Crippen LogP contribution in [0.25, 0.3) is 0 Å². The molecule has 2 aromatic rings. The summed E-state index contributed by atoms with van der Waals surface area (Å²) in [7, 11) is 0. The minimum absolute atomic E-state index is 0.219. The molecule has 1 saturated heterocycles. The standard InChI is InChI=1S/C19H26N2O/c1-15(2)16-6-8-17(9-7-16)19(18-5-3-14-22-18)21-12-4-10-20-11-13-21/h3,5-9,14-15,19-20H,4,10-13H2,1-2H3. The molecule has 1 aliphatic rings. The number of nitrogens with one attached hydrogen (secondary N) is 1. The van der Waals surface area contributed by atoms with Crippen molar-refractivity contribution >= 4 is 0 Å². The van der Waals surface area contributed by atoms with E-state index in [0.717, 1.165) is 31.9 Å². The maximum atomic E-state index is 5.76. The van der Waals surface area contributed by atoms with Gasteiger partial charge >= 0.3 is 0 Å². The maximum absolute atomic E-state index is 5.76. The van der Waals surface area contributed by atoms with E-state index in [0.29, 0.717) is 5.92 Å². The van der Waals surface area contributed by atoms with Crippen molar-refractivity contribution in [2.45, 2.75) is 32.2 Å². The minimum atomic E-state index is 0.219. The Balaban J connectivity index is 1.90. The molecule has 118 valence electrons. The highest BCUT2D eigenvalue weighted by Crippen LogP contribution is 2.30. The molecule has 1 fully saturated rings. The van der Waals surface area contributed by atoms with Crippen molar-refractivity contribution in [2.24, 2.45) is 0 Å². The number of nitrogens with zero attached hydrogens (tertiary/aromatic N) is 1. The van der Waals surface area contributed by atoms with Crippen molar-refractivity contribution in [2.75, 3.05) is 26.2 Å². The van der Waals surface area contributed by atoms with Crippen LogP contribution in [0.2, 0.25) is 0 Å². The predicted octanol–water partition coefficient (Wildman–Crippen LogP) is 3.79. The highest BCUT2D eigenvalue weighted by atomic mass is 16.3. The van der Waals surface area contributed by atoms with E-state index in [1.165, 1.54) is 17.5 Å². The molecule has 0 spiro atoms. The van der Waals surface area contributed by atoms with E-state index in [-0.39, 0.29) is 6.04 Å². The first-order chi connectivity index (χ1) is 10.8. The Hall–Kier alpha value is -1.58. The number of furan rings is 1. The Morgan fingerprint density at radius 3 is 2.45 bits per heavy atom. The third kappa shape index (κ3) is 3.42. The molecule has 1 unspecified atom stereocenters. The first-order valence-electron chi connectivity index (χ1n) is 8.34. The van der Waals surface area contributed by atoms with Gasteiger partial charge in [-0.15, -0.1) is 0 Å². The molecule has 0 radical (unpaired) electrons. The Labute approximate surface area is 133 Å². The monoisotopic (exact) mass is 298 g/mol. The van der Waals surface area contributed by atoms with Gasteiger partial charge in [-0.2, -0.15) is 0 Å². The summed E-state index contributed by atoms with van der Waals surface area (Å²) in [6.07, 6.45) is 2.96. The zero-order valence-corrected chi connectivity index (χ0v) is 13.6. The van der Waals surface area contributed by atoms with Crippen molar-refractivity contribution in [3.05, 3.63) is 59.5 Å². The molecule has 1 atom stereocenters. The fourth-order valence-corrected chi connectivity index (χ4v) is 3.19. The molecule has 1 N–H and O–H groups in total. The molecule has 0 aliphatic carbocycles. The second kappa shape index (κ2) is 7.12. The maximum Gasteiger partial charge on any atom is 0.125 e. The Morgan fingerprint density at radius 1 is 1.00 bits per heavy atom. The molecule has 1 aromatic carbocycles. The lowest BCUT2D eigenvalue weighted by Gasteiger charge is -2.29. The lowest BCUT2D eigenvalue weighted by molar-refractivity contribution is 0.216. The van der Waals surface area contributed by atoms with Gasteiger partial charge in [-0.05, 0) is 42.1 Å². The minimum Gasteiger partial charge on any atom is -0.467 e. The fraction of sp³-hybridized carbons (Fsp3) is 0.474. The zero-order valence-electron chi connectivity index (χ0n) is 13.6. The summed E-state index contributed by atoms with van der Waals surface area (Å²) >= 11 is 0. The van der Waals surface area contributed by atoms with E-state index >= 15 is 0 Å². The molecule has 0 saturated carbocycles. The molecule has 1 aliphatic heterocycles. The topological polar surface area (TPSA) is 28.4 Å². The van der Waals surface area contributed by atoms with Crippen molar-refractivity contribution < 1.29 is 4.42 Å². The summed E-state index contributed by atoms with van der Waals surface area (Å²) in [5.74, 6) is 1.61. The lowest BCUT2D eigenvalue weighted by atomic mass is 9.97. The van der Waals surface area contributed by atoms with Crippen LogP contribution in [0.5, 0.6) is 0 Å². The van der Waals surface area contributed by atoms with Crippen LogP contribution in [0.15, 0.2) is 47.1 Å². The number of hydrogen-bond donors (Lipinski definition) is 1. The van der Waals surface area contributed by atoms with E-state index in [4.69, 9.17) is 4.42 Å². The average Bonchev–Trinajstić information content (AvgIpc) is 2.91. The van der Waals surface area contributed by atoms with E-state index in [2.05, 4.69) is 54.4 Å². The smallest absolute Gasteiger partial charge is 0.125 e. The summed E-state index contributed by atoms with van der Waals surface area (Å²) in [5.41, 5.74) is 2.71. The summed E-state index contributed by atoms with van der Waals surface area (Å²) in [6, 6.07) is 13.3. The number of rotatable bonds is 4. The van der Waals surface area contributed by atoms with E-state index in [1.807, 2.05) is 6.07 Å². The second-order valence-corrected chi connectivity index (χ2v) is 6.38. The molecular weight excluding hydrogens is 272 g/mol. The van der Waals surface area contributed by atoms with Crippen LogP contribution in [-0.4, -0.2) is 31.1 Å². The summed E-state index contributed by atoms with van der Waals surface area (Å²) in [4.78, 5) is 2.53. The van der Waals surface area contributed by atoms with Gasteiger partial charge in [0.2, 0.25) is 0 Å². The molecule has 0 bridgehead atoms. The molecule has 3 heteroatoms. The molecule has 3 nitrogen and oxygen atoms in total. The Kier molecular flexibility index (Phi) is 4.96. The third-order valence-corrected chi connectivity index (χ3v) is 4.47.